The molecule has 0 spiro atoms. The molecule has 0 amide bonds. The van der Waals surface area contributed by atoms with Crippen molar-refractivity contribution < 1.29 is 60.7 Å². The van der Waals surface area contributed by atoms with E-state index in [0.717, 1.165) is 24.3 Å². The Morgan fingerprint density at radius 1 is 0.645 bits per heavy atom. The van der Waals surface area contributed by atoms with Gasteiger partial charge in [0.15, 0.2) is 34.5 Å². The zero-order chi connectivity index (χ0) is 24.5. The first-order valence-electron chi connectivity index (χ1n) is 8.35. The molecule has 12 nitrogen and oxygen atoms in total. The lowest BCUT2D eigenvalue weighted by molar-refractivity contribution is 0.0685. The summed E-state index contributed by atoms with van der Waals surface area (Å²) in [5.41, 5.74) is -0.884. The average molecular weight is 444 g/mol. The van der Waals surface area contributed by atoms with E-state index in [2.05, 4.69) is 0 Å². The molecule has 0 fully saturated rings. The highest BCUT2D eigenvalue weighted by molar-refractivity contribution is 5.89. The van der Waals surface area contributed by atoms with Gasteiger partial charge in [-0.2, -0.15) is 0 Å². The molecule has 172 valence electrons. The first-order chi connectivity index (χ1) is 14.2. The highest BCUT2D eigenvalue weighted by Gasteiger charge is 2.13. The number of aliphatic hydroxyl groups excluding tert-OH is 2. The Morgan fingerprint density at radius 2 is 0.871 bits per heavy atom. The number of phenolic OH excluding ortho intramolecular Hbond substituents is 6. The average Bonchev–Trinajstić information content (AvgIpc) is 2.70. The molecule has 2 rings (SSSR count). The molecule has 12 heteroatoms. The van der Waals surface area contributed by atoms with Gasteiger partial charge in [-0.15, -0.1) is 0 Å². The maximum atomic E-state index is 10.3. The minimum Gasteiger partial charge on any atom is -0.504 e. The molecule has 0 saturated heterocycles. The quantitative estimate of drug-likeness (QED) is 0.297. The van der Waals surface area contributed by atoms with E-state index >= 15 is 0 Å². The molecule has 0 aliphatic carbocycles. The number of hydrogen-bond donors (Lipinski definition) is 10. The largest absolute Gasteiger partial charge is 0.504 e. The smallest absolute Gasteiger partial charge is 0.335 e. The summed E-state index contributed by atoms with van der Waals surface area (Å²) in [5, 5.41) is 86.8. The Balaban J connectivity index is 0.000000454. The third kappa shape index (κ3) is 8.55. The molecule has 2 aromatic rings. The summed E-state index contributed by atoms with van der Waals surface area (Å²) >= 11 is 0. The van der Waals surface area contributed by atoms with Gasteiger partial charge in [0, 0.05) is 5.41 Å². The summed E-state index contributed by atoms with van der Waals surface area (Å²) < 4.78 is 0. The van der Waals surface area contributed by atoms with Crippen molar-refractivity contribution in [2.45, 2.75) is 13.8 Å². The van der Waals surface area contributed by atoms with Gasteiger partial charge in [0.2, 0.25) is 0 Å². The summed E-state index contributed by atoms with van der Waals surface area (Å²) in [6, 6.07) is 3.38. The van der Waals surface area contributed by atoms with Crippen LogP contribution in [-0.2, 0) is 0 Å². The topological polar surface area (TPSA) is 236 Å². The highest BCUT2D eigenvalue weighted by atomic mass is 16.4. The predicted octanol–water partition coefficient (Wildman–Crippen LogP) is 1.00. The molecule has 0 aromatic heterocycles. The molecule has 0 unspecified atom stereocenters. The SMILES string of the molecule is CC(C)(CO)CO.O=C(O)c1cc(O)c(O)c(O)c1.O=C(O)c1cc(O)c(O)c(O)c1. The molecule has 10 N–H and O–H groups in total. The molecule has 0 heterocycles. The van der Waals surface area contributed by atoms with Crippen molar-refractivity contribution in [3.8, 4) is 34.5 Å². The molecule has 31 heavy (non-hydrogen) atoms. The molecule has 0 aliphatic rings. The van der Waals surface area contributed by atoms with Crippen LogP contribution in [0.5, 0.6) is 34.5 Å². The second-order valence-corrected chi connectivity index (χ2v) is 6.82. The van der Waals surface area contributed by atoms with Crippen molar-refractivity contribution in [2.75, 3.05) is 13.2 Å². The molecule has 0 saturated carbocycles. The Hall–Kier alpha value is -3.90. The fourth-order valence-corrected chi connectivity index (χ4v) is 1.51. The number of aliphatic hydroxyl groups is 2. The van der Waals surface area contributed by atoms with E-state index in [-0.39, 0.29) is 29.8 Å². The third-order valence-electron chi connectivity index (χ3n) is 3.49. The van der Waals surface area contributed by atoms with Gasteiger partial charge in [0.1, 0.15) is 0 Å². The van der Waals surface area contributed by atoms with Gasteiger partial charge in [0.05, 0.1) is 24.3 Å². The highest BCUT2D eigenvalue weighted by Crippen LogP contribution is 2.36. The van der Waals surface area contributed by atoms with E-state index in [9.17, 15) is 9.59 Å². The number of rotatable bonds is 4. The Labute approximate surface area is 175 Å². The molecule has 0 atom stereocenters. The van der Waals surface area contributed by atoms with Crippen LogP contribution in [0.2, 0.25) is 0 Å². The molecular weight excluding hydrogens is 420 g/mol. The van der Waals surface area contributed by atoms with Crippen LogP contribution < -0.4 is 0 Å². The first-order valence-corrected chi connectivity index (χ1v) is 8.35. The normalized spacial score (nSPS) is 10.2. The van der Waals surface area contributed by atoms with Crippen LogP contribution in [0, 0.1) is 5.41 Å². The lowest BCUT2D eigenvalue weighted by Crippen LogP contribution is -2.20. The number of aromatic carboxylic acids is 2. The number of aromatic hydroxyl groups is 6. The summed E-state index contributed by atoms with van der Waals surface area (Å²) in [6.45, 7) is 3.69. The van der Waals surface area contributed by atoms with Gasteiger partial charge < -0.3 is 51.1 Å². The molecule has 0 aliphatic heterocycles. The zero-order valence-electron chi connectivity index (χ0n) is 16.5. The fraction of sp³-hybridized carbons (Fsp3) is 0.263. The van der Waals surface area contributed by atoms with Gasteiger partial charge >= 0.3 is 11.9 Å². The van der Waals surface area contributed by atoms with E-state index in [1.165, 1.54) is 0 Å². The van der Waals surface area contributed by atoms with Crippen molar-refractivity contribution in [1.29, 1.82) is 0 Å². The second kappa shape index (κ2) is 11.3. The lowest BCUT2D eigenvalue weighted by Gasteiger charge is -2.16. The Morgan fingerprint density at radius 3 is 1.00 bits per heavy atom. The number of carboxylic acids is 2. The molecule has 0 bridgehead atoms. The maximum Gasteiger partial charge on any atom is 0.335 e. The second-order valence-electron chi connectivity index (χ2n) is 6.82. The van der Waals surface area contributed by atoms with Gasteiger partial charge in [-0.1, -0.05) is 13.8 Å². The van der Waals surface area contributed by atoms with Crippen molar-refractivity contribution in [3.05, 3.63) is 35.4 Å². The van der Waals surface area contributed by atoms with Crippen molar-refractivity contribution in [1.82, 2.24) is 0 Å². The van der Waals surface area contributed by atoms with Crippen LogP contribution >= 0.6 is 0 Å². The van der Waals surface area contributed by atoms with E-state index in [4.69, 9.17) is 51.1 Å². The van der Waals surface area contributed by atoms with Crippen LogP contribution in [0.25, 0.3) is 0 Å². The van der Waals surface area contributed by atoms with E-state index in [0.29, 0.717) is 0 Å². The summed E-state index contributed by atoms with van der Waals surface area (Å²) in [5.74, 6) is -6.67. The van der Waals surface area contributed by atoms with Crippen LogP contribution in [0.3, 0.4) is 0 Å². The predicted molar refractivity (Wildman–Crippen MR) is 105 cm³/mol. The fourth-order valence-electron chi connectivity index (χ4n) is 1.51. The van der Waals surface area contributed by atoms with Gasteiger partial charge in [-0.05, 0) is 24.3 Å². The number of carbonyl (C=O) groups is 2. The van der Waals surface area contributed by atoms with Crippen LogP contribution in [0.4, 0.5) is 0 Å². The minimum absolute atomic E-state index is 0.0451. The molecular formula is C19H24O12. The van der Waals surface area contributed by atoms with E-state index < -0.39 is 46.4 Å². The standard InChI is InChI=1S/2C7H6O5.C5H12O2/c2*8-4-1-3(7(11)12)2-5(9)6(4)10;1-5(2,3-6)4-7/h2*1-2,8-10H,(H,11,12);6-7H,3-4H2,1-2H3. The van der Waals surface area contributed by atoms with Gasteiger partial charge in [-0.25, -0.2) is 9.59 Å². The van der Waals surface area contributed by atoms with Crippen molar-refractivity contribution >= 4 is 11.9 Å². The van der Waals surface area contributed by atoms with Crippen LogP contribution in [0.1, 0.15) is 34.6 Å². The summed E-state index contributed by atoms with van der Waals surface area (Å²) in [7, 11) is 0. The summed E-state index contributed by atoms with van der Waals surface area (Å²) in [6.07, 6.45) is 0. The van der Waals surface area contributed by atoms with Crippen molar-refractivity contribution in [2.24, 2.45) is 5.41 Å². The van der Waals surface area contributed by atoms with Crippen LogP contribution in [0.15, 0.2) is 24.3 Å². The Bertz CT molecular complexity index is 801. The maximum absolute atomic E-state index is 10.3. The van der Waals surface area contributed by atoms with E-state index in [1.807, 2.05) is 0 Å². The number of benzene rings is 2. The number of carboxylic acid groups (broad SMARTS) is 2. The van der Waals surface area contributed by atoms with E-state index in [1.54, 1.807) is 13.8 Å². The first kappa shape index (κ1) is 27.1. The Kier molecular flexibility index (Phi) is 9.90. The molecule has 2 aromatic carbocycles. The summed E-state index contributed by atoms with van der Waals surface area (Å²) in [4.78, 5) is 20.6. The minimum atomic E-state index is -1.29. The monoisotopic (exact) mass is 444 g/mol. The zero-order valence-corrected chi connectivity index (χ0v) is 16.5. The number of phenols is 6. The lowest BCUT2D eigenvalue weighted by atomic mass is 9.97. The third-order valence-corrected chi connectivity index (χ3v) is 3.49. The van der Waals surface area contributed by atoms with Gasteiger partial charge in [-0.3, -0.25) is 0 Å². The van der Waals surface area contributed by atoms with Gasteiger partial charge in [0.25, 0.3) is 0 Å². The number of hydrogen-bond acceptors (Lipinski definition) is 10. The molecule has 0 radical (unpaired) electrons. The van der Waals surface area contributed by atoms with Crippen molar-refractivity contribution in [3.63, 3.8) is 0 Å². The van der Waals surface area contributed by atoms with Crippen LogP contribution in [-0.4, -0.2) is 76.2 Å².